The van der Waals surface area contributed by atoms with Gasteiger partial charge in [0.2, 0.25) is 0 Å². The quantitative estimate of drug-likeness (QED) is 0.379. The molecule has 2 aliphatic heterocycles. The average molecular weight is 544 g/mol. The monoisotopic (exact) mass is 542 g/mol. The van der Waals surface area contributed by atoms with Crippen molar-refractivity contribution in [2.45, 2.75) is 25.9 Å². The Kier molecular flexibility index (Phi) is 9.20. The highest BCUT2D eigenvalue weighted by molar-refractivity contribution is 9.10. The van der Waals surface area contributed by atoms with Crippen LogP contribution in [0.4, 0.5) is 10.5 Å². The van der Waals surface area contributed by atoms with Crippen LogP contribution in [0.5, 0.6) is 0 Å². The minimum atomic E-state index is -0.288. The first-order valence-electron chi connectivity index (χ1n) is 12.3. The number of amides is 1. The van der Waals surface area contributed by atoms with Gasteiger partial charge in [-0.15, -0.1) is 0 Å². The van der Waals surface area contributed by atoms with E-state index >= 15 is 0 Å². The fourth-order valence-electron chi connectivity index (χ4n) is 4.59. The topological polar surface area (TPSA) is 80.1 Å². The summed E-state index contributed by atoms with van der Waals surface area (Å²) < 4.78 is 11.8. The van der Waals surface area contributed by atoms with Gasteiger partial charge >= 0.3 is 6.09 Å². The molecule has 1 saturated heterocycles. The molecule has 7 nitrogen and oxygen atoms in total. The van der Waals surface area contributed by atoms with Crippen LogP contribution in [0.3, 0.4) is 0 Å². The molecule has 35 heavy (non-hydrogen) atoms. The summed E-state index contributed by atoms with van der Waals surface area (Å²) in [6.45, 7) is 9.23. The average Bonchev–Trinajstić information content (AvgIpc) is 2.89. The predicted molar refractivity (Wildman–Crippen MR) is 143 cm³/mol. The minimum Gasteiger partial charge on any atom is -0.450 e. The molecule has 1 unspecified atom stereocenters. The lowest BCUT2D eigenvalue weighted by Crippen LogP contribution is -2.40. The summed E-state index contributed by atoms with van der Waals surface area (Å²) >= 11 is 3.55. The fraction of sp³-hybridized carbons (Fsp3) is 0.444. The maximum atomic E-state index is 12.7. The number of hydrogen-bond donors (Lipinski definition) is 2. The number of nitrogen functional groups attached to an aromatic ring is 1. The van der Waals surface area contributed by atoms with Gasteiger partial charge in [-0.2, -0.15) is 0 Å². The largest absolute Gasteiger partial charge is 0.450 e. The van der Waals surface area contributed by atoms with Gasteiger partial charge in [0.1, 0.15) is 0 Å². The second kappa shape index (κ2) is 12.5. The molecule has 0 spiro atoms. The second-order valence-corrected chi connectivity index (χ2v) is 9.80. The highest BCUT2D eigenvalue weighted by Gasteiger charge is 2.29. The Balaban J connectivity index is 1.46. The highest BCUT2D eigenvalue weighted by Crippen LogP contribution is 2.37. The van der Waals surface area contributed by atoms with Crippen molar-refractivity contribution in [2.75, 3.05) is 58.3 Å². The minimum absolute atomic E-state index is 0.209. The van der Waals surface area contributed by atoms with Crippen LogP contribution in [-0.4, -0.2) is 68.4 Å². The standard InChI is InChI=1S/C27H35BrN4O3/c1-2-35-27(33)32-11-9-22(24-18-23(28)7-8-25(24)29)17-26(32)21-5-3-20(4-6-21)19-30-10-12-31-13-15-34-16-14-31/h3-8,17-18,26,30H,2,9-16,19,29H2,1H3. The number of anilines is 1. The summed E-state index contributed by atoms with van der Waals surface area (Å²) in [5.41, 5.74) is 11.5. The van der Waals surface area contributed by atoms with Crippen LogP contribution >= 0.6 is 15.9 Å². The molecular formula is C27H35BrN4O3. The van der Waals surface area contributed by atoms with Gasteiger partial charge in [-0.05, 0) is 48.2 Å². The zero-order chi connectivity index (χ0) is 24.6. The molecule has 2 aliphatic rings. The Labute approximate surface area is 216 Å². The SMILES string of the molecule is CCOC(=O)N1CCC(c2cc(Br)ccc2N)=CC1c1ccc(CNCCN2CCOCC2)cc1. The van der Waals surface area contributed by atoms with Gasteiger partial charge in [0, 0.05) is 55.0 Å². The molecule has 1 fully saturated rings. The summed E-state index contributed by atoms with van der Waals surface area (Å²) in [6, 6.07) is 14.2. The molecule has 2 aromatic carbocycles. The van der Waals surface area contributed by atoms with Crippen LogP contribution in [-0.2, 0) is 16.0 Å². The molecule has 188 valence electrons. The van der Waals surface area contributed by atoms with E-state index in [1.54, 1.807) is 4.90 Å². The zero-order valence-electron chi connectivity index (χ0n) is 20.3. The van der Waals surface area contributed by atoms with Crippen LogP contribution in [0.25, 0.3) is 5.57 Å². The Morgan fingerprint density at radius 3 is 2.69 bits per heavy atom. The number of benzene rings is 2. The number of hydrogen-bond acceptors (Lipinski definition) is 6. The third kappa shape index (κ3) is 6.85. The van der Waals surface area contributed by atoms with Gasteiger partial charge < -0.3 is 20.5 Å². The van der Waals surface area contributed by atoms with Gasteiger partial charge in [0.05, 0.1) is 25.9 Å². The highest BCUT2D eigenvalue weighted by atomic mass is 79.9. The number of nitrogens with two attached hydrogens (primary N) is 1. The van der Waals surface area contributed by atoms with Gasteiger partial charge in [-0.25, -0.2) is 4.79 Å². The van der Waals surface area contributed by atoms with Crippen LogP contribution in [0.1, 0.15) is 36.1 Å². The van der Waals surface area contributed by atoms with Gasteiger partial charge in [0.25, 0.3) is 0 Å². The lowest BCUT2D eigenvalue weighted by atomic mass is 9.91. The van der Waals surface area contributed by atoms with E-state index in [9.17, 15) is 4.79 Å². The number of halogens is 1. The molecule has 1 amide bonds. The summed E-state index contributed by atoms with van der Waals surface area (Å²) in [6.07, 6.45) is 2.58. The Morgan fingerprint density at radius 1 is 1.17 bits per heavy atom. The lowest BCUT2D eigenvalue weighted by Gasteiger charge is -2.34. The first kappa shape index (κ1) is 25.7. The summed E-state index contributed by atoms with van der Waals surface area (Å²) in [5.74, 6) is 0. The van der Waals surface area contributed by atoms with Crippen molar-refractivity contribution in [1.82, 2.24) is 15.1 Å². The maximum Gasteiger partial charge on any atom is 0.410 e. The number of carbonyl (C=O) groups excluding carboxylic acids is 1. The molecule has 0 aliphatic carbocycles. The smallest absolute Gasteiger partial charge is 0.410 e. The van der Waals surface area contributed by atoms with Gasteiger partial charge in [0.15, 0.2) is 0 Å². The van der Waals surface area contributed by atoms with Crippen molar-refractivity contribution in [3.63, 3.8) is 0 Å². The van der Waals surface area contributed by atoms with Crippen molar-refractivity contribution < 1.29 is 14.3 Å². The van der Waals surface area contributed by atoms with Crippen LogP contribution in [0.15, 0.2) is 53.0 Å². The van der Waals surface area contributed by atoms with Crippen LogP contribution < -0.4 is 11.1 Å². The van der Waals surface area contributed by atoms with E-state index in [4.69, 9.17) is 15.2 Å². The lowest BCUT2D eigenvalue weighted by molar-refractivity contribution is 0.0384. The molecule has 4 rings (SSSR count). The summed E-state index contributed by atoms with van der Waals surface area (Å²) in [5, 5.41) is 3.53. The van der Waals surface area contributed by atoms with E-state index in [0.29, 0.717) is 13.2 Å². The summed E-state index contributed by atoms with van der Waals surface area (Å²) in [7, 11) is 0. The Hall–Kier alpha value is -2.39. The van der Waals surface area contributed by atoms with E-state index in [0.717, 1.165) is 79.2 Å². The number of carbonyl (C=O) groups is 1. The zero-order valence-corrected chi connectivity index (χ0v) is 21.9. The molecule has 0 saturated carbocycles. The third-order valence-corrected chi connectivity index (χ3v) is 7.03. The van der Waals surface area contributed by atoms with E-state index in [2.05, 4.69) is 56.5 Å². The number of rotatable bonds is 8. The second-order valence-electron chi connectivity index (χ2n) is 8.88. The van der Waals surface area contributed by atoms with Gasteiger partial charge in [-0.3, -0.25) is 9.80 Å². The Bertz CT molecular complexity index is 1020. The third-order valence-electron chi connectivity index (χ3n) is 6.54. The van der Waals surface area contributed by atoms with Gasteiger partial charge in [-0.1, -0.05) is 46.3 Å². The molecule has 0 radical (unpaired) electrons. The number of ether oxygens (including phenoxy) is 2. The normalized spacial score (nSPS) is 18.9. The van der Waals surface area contributed by atoms with Crippen molar-refractivity contribution in [2.24, 2.45) is 0 Å². The maximum absolute atomic E-state index is 12.7. The first-order valence-corrected chi connectivity index (χ1v) is 13.1. The molecule has 8 heteroatoms. The van der Waals surface area contributed by atoms with E-state index in [1.807, 2.05) is 25.1 Å². The van der Waals surface area contributed by atoms with Crippen LogP contribution in [0, 0.1) is 0 Å². The number of nitrogens with one attached hydrogen (secondary N) is 1. The molecule has 0 bridgehead atoms. The number of nitrogens with zero attached hydrogens (tertiary/aromatic N) is 2. The molecular weight excluding hydrogens is 508 g/mol. The van der Waals surface area contributed by atoms with E-state index < -0.39 is 0 Å². The molecule has 2 aromatic rings. The van der Waals surface area contributed by atoms with Crippen molar-refractivity contribution in [1.29, 1.82) is 0 Å². The predicted octanol–water partition coefficient (Wildman–Crippen LogP) is 4.44. The number of morpholine rings is 1. The van der Waals surface area contributed by atoms with Crippen molar-refractivity contribution in [3.05, 3.63) is 69.7 Å². The van der Waals surface area contributed by atoms with Crippen molar-refractivity contribution >= 4 is 33.3 Å². The van der Waals surface area contributed by atoms with E-state index in [-0.39, 0.29) is 12.1 Å². The first-order chi connectivity index (χ1) is 17.0. The molecule has 3 N–H and O–H groups in total. The van der Waals surface area contributed by atoms with Crippen molar-refractivity contribution in [3.8, 4) is 0 Å². The fourth-order valence-corrected chi connectivity index (χ4v) is 4.95. The van der Waals surface area contributed by atoms with E-state index in [1.165, 1.54) is 5.56 Å². The molecule has 2 heterocycles. The molecule has 1 atom stereocenters. The Morgan fingerprint density at radius 2 is 1.94 bits per heavy atom. The molecule has 0 aromatic heterocycles. The van der Waals surface area contributed by atoms with Crippen LogP contribution in [0.2, 0.25) is 0 Å². The summed E-state index contributed by atoms with van der Waals surface area (Å²) in [4.78, 5) is 17.0.